The molecule has 0 aliphatic heterocycles. The maximum atomic E-state index is 11.1. The van der Waals surface area contributed by atoms with E-state index in [-0.39, 0.29) is 5.97 Å². The topological polar surface area (TPSA) is 38.8 Å². The van der Waals surface area contributed by atoms with Crippen molar-refractivity contribution in [2.24, 2.45) is 0 Å². The third-order valence-electron chi connectivity index (χ3n) is 2.72. The van der Waals surface area contributed by atoms with E-state index in [1.165, 1.54) is 0 Å². The van der Waals surface area contributed by atoms with Crippen molar-refractivity contribution < 1.29 is 14.3 Å². The first-order chi connectivity index (χ1) is 8.24. The van der Waals surface area contributed by atoms with Crippen molar-refractivity contribution in [2.75, 3.05) is 40.0 Å². The Labute approximate surface area is 105 Å². The molecule has 4 nitrogen and oxygen atoms in total. The van der Waals surface area contributed by atoms with E-state index in [1.54, 1.807) is 7.11 Å². The van der Waals surface area contributed by atoms with Crippen LogP contribution < -0.4 is 0 Å². The Balaban J connectivity index is 3.39. The van der Waals surface area contributed by atoms with Gasteiger partial charge in [-0.3, -0.25) is 4.79 Å². The zero-order valence-electron chi connectivity index (χ0n) is 11.5. The molecule has 0 fully saturated rings. The number of carbonyl (C=O) groups excluding carboxylic acids is 1. The van der Waals surface area contributed by atoms with Crippen molar-refractivity contribution in [1.29, 1.82) is 0 Å². The number of hydrogen-bond donors (Lipinski definition) is 0. The van der Waals surface area contributed by atoms with Gasteiger partial charge in [-0.15, -0.1) is 0 Å². The van der Waals surface area contributed by atoms with E-state index < -0.39 is 0 Å². The number of hydrogen-bond acceptors (Lipinski definition) is 4. The number of nitrogens with zero attached hydrogens (tertiary/aromatic N) is 1. The standard InChI is InChI=1S/C13H27NO3/c1-4-14(11-12-16-3)10-8-6-7-9-13(15)17-5-2/h4-12H2,1-3H3. The lowest BCUT2D eigenvalue weighted by Gasteiger charge is -2.19. The molecule has 0 aromatic heterocycles. The highest BCUT2D eigenvalue weighted by Crippen LogP contribution is 2.03. The van der Waals surface area contributed by atoms with Gasteiger partial charge in [0.2, 0.25) is 0 Å². The second kappa shape index (κ2) is 11.9. The van der Waals surface area contributed by atoms with Crippen LogP contribution in [0.5, 0.6) is 0 Å². The summed E-state index contributed by atoms with van der Waals surface area (Å²) in [5, 5.41) is 0. The smallest absolute Gasteiger partial charge is 0.305 e. The Bertz CT molecular complexity index is 186. The van der Waals surface area contributed by atoms with Crippen LogP contribution in [0.1, 0.15) is 39.5 Å². The minimum atomic E-state index is -0.0702. The van der Waals surface area contributed by atoms with Crippen LogP contribution in [-0.4, -0.2) is 50.8 Å². The second-order valence-electron chi connectivity index (χ2n) is 4.04. The zero-order chi connectivity index (χ0) is 12.9. The highest BCUT2D eigenvalue weighted by molar-refractivity contribution is 5.69. The molecular formula is C13H27NO3. The summed E-state index contributed by atoms with van der Waals surface area (Å²) in [5.74, 6) is -0.0702. The van der Waals surface area contributed by atoms with Crippen molar-refractivity contribution in [3.05, 3.63) is 0 Å². The molecule has 17 heavy (non-hydrogen) atoms. The Hall–Kier alpha value is -0.610. The lowest BCUT2D eigenvalue weighted by Crippen LogP contribution is -2.28. The van der Waals surface area contributed by atoms with E-state index in [2.05, 4.69) is 11.8 Å². The van der Waals surface area contributed by atoms with Gasteiger partial charge in [0.15, 0.2) is 0 Å². The maximum absolute atomic E-state index is 11.1. The van der Waals surface area contributed by atoms with Crippen LogP contribution >= 0.6 is 0 Å². The summed E-state index contributed by atoms with van der Waals surface area (Å²) in [4.78, 5) is 13.5. The molecule has 0 aromatic rings. The second-order valence-corrected chi connectivity index (χ2v) is 4.04. The minimum absolute atomic E-state index is 0.0702. The Morgan fingerprint density at radius 3 is 2.47 bits per heavy atom. The fraction of sp³-hybridized carbons (Fsp3) is 0.923. The number of ether oxygens (including phenoxy) is 2. The van der Waals surface area contributed by atoms with Gasteiger partial charge in [-0.1, -0.05) is 13.3 Å². The first kappa shape index (κ1) is 16.4. The van der Waals surface area contributed by atoms with Crippen LogP contribution in [-0.2, 0) is 14.3 Å². The molecule has 0 atom stereocenters. The average molecular weight is 245 g/mol. The van der Waals surface area contributed by atoms with Crippen molar-refractivity contribution in [2.45, 2.75) is 39.5 Å². The van der Waals surface area contributed by atoms with Crippen molar-refractivity contribution in [1.82, 2.24) is 4.90 Å². The Morgan fingerprint density at radius 1 is 1.12 bits per heavy atom. The number of esters is 1. The number of likely N-dealkylation sites (N-methyl/N-ethyl adjacent to an activating group) is 1. The normalized spacial score (nSPS) is 10.8. The SMILES string of the molecule is CCOC(=O)CCCCCN(CC)CCOC. The molecule has 0 bridgehead atoms. The minimum Gasteiger partial charge on any atom is -0.466 e. The van der Waals surface area contributed by atoms with Crippen LogP contribution in [0.25, 0.3) is 0 Å². The average Bonchev–Trinajstić information content (AvgIpc) is 2.33. The molecule has 0 spiro atoms. The third kappa shape index (κ3) is 10.3. The molecule has 4 heteroatoms. The van der Waals surface area contributed by atoms with E-state index >= 15 is 0 Å². The molecule has 0 N–H and O–H groups in total. The monoisotopic (exact) mass is 245 g/mol. The molecule has 102 valence electrons. The summed E-state index contributed by atoms with van der Waals surface area (Å²) in [6.07, 6.45) is 3.71. The highest BCUT2D eigenvalue weighted by atomic mass is 16.5. The van der Waals surface area contributed by atoms with Gasteiger partial charge >= 0.3 is 5.97 Å². The summed E-state index contributed by atoms with van der Waals surface area (Å²) < 4.78 is 9.94. The summed E-state index contributed by atoms with van der Waals surface area (Å²) in [7, 11) is 1.73. The van der Waals surface area contributed by atoms with Crippen LogP contribution in [0.4, 0.5) is 0 Å². The van der Waals surface area contributed by atoms with Crippen LogP contribution in [0.2, 0.25) is 0 Å². The summed E-state index contributed by atoms with van der Waals surface area (Å²) in [6, 6.07) is 0. The number of methoxy groups -OCH3 is 1. The molecule has 0 rings (SSSR count). The molecule has 0 unspecified atom stereocenters. The third-order valence-corrected chi connectivity index (χ3v) is 2.72. The van der Waals surface area contributed by atoms with Gasteiger partial charge in [0.05, 0.1) is 13.2 Å². The highest BCUT2D eigenvalue weighted by Gasteiger charge is 2.03. The molecule has 0 saturated heterocycles. The van der Waals surface area contributed by atoms with Crippen LogP contribution in [0.15, 0.2) is 0 Å². The molecule has 0 radical (unpaired) electrons. The van der Waals surface area contributed by atoms with Crippen LogP contribution in [0, 0.1) is 0 Å². The molecule has 0 heterocycles. The number of carbonyl (C=O) groups is 1. The number of rotatable bonds is 11. The van der Waals surface area contributed by atoms with E-state index in [9.17, 15) is 4.79 Å². The molecule has 0 aliphatic carbocycles. The fourth-order valence-corrected chi connectivity index (χ4v) is 1.66. The number of unbranched alkanes of at least 4 members (excludes halogenated alkanes) is 2. The van der Waals surface area contributed by atoms with Gasteiger partial charge in [0.1, 0.15) is 0 Å². The molecule has 0 saturated carbocycles. The van der Waals surface area contributed by atoms with Gasteiger partial charge in [-0.25, -0.2) is 0 Å². The van der Waals surface area contributed by atoms with Gasteiger partial charge in [0.25, 0.3) is 0 Å². The van der Waals surface area contributed by atoms with Gasteiger partial charge < -0.3 is 14.4 Å². The maximum Gasteiger partial charge on any atom is 0.305 e. The van der Waals surface area contributed by atoms with E-state index in [0.717, 1.165) is 45.5 Å². The summed E-state index contributed by atoms with van der Waals surface area (Å²) >= 11 is 0. The van der Waals surface area contributed by atoms with E-state index in [4.69, 9.17) is 9.47 Å². The van der Waals surface area contributed by atoms with E-state index in [0.29, 0.717) is 13.0 Å². The lowest BCUT2D eigenvalue weighted by atomic mass is 10.2. The lowest BCUT2D eigenvalue weighted by molar-refractivity contribution is -0.143. The van der Waals surface area contributed by atoms with Crippen molar-refractivity contribution in [3.8, 4) is 0 Å². The Kier molecular flexibility index (Phi) is 11.4. The predicted molar refractivity (Wildman–Crippen MR) is 69.1 cm³/mol. The van der Waals surface area contributed by atoms with Gasteiger partial charge in [0, 0.05) is 20.1 Å². The molecule has 0 amide bonds. The predicted octanol–water partition coefficient (Wildman–Crippen LogP) is 2.08. The van der Waals surface area contributed by atoms with E-state index in [1.807, 2.05) is 6.92 Å². The van der Waals surface area contributed by atoms with Crippen molar-refractivity contribution >= 4 is 5.97 Å². The largest absolute Gasteiger partial charge is 0.466 e. The molecule has 0 aliphatic rings. The van der Waals surface area contributed by atoms with Gasteiger partial charge in [-0.2, -0.15) is 0 Å². The first-order valence-corrected chi connectivity index (χ1v) is 6.61. The summed E-state index contributed by atoms with van der Waals surface area (Å²) in [6.45, 7) is 8.41. The first-order valence-electron chi connectivity index (χ1n) is 6.61. The Morgan fingerprint density at radius 2 is 1.88 bits per heavy atom. The van der Waals surface area contributed by atoms with Crippen molar-refractivity contribution in [3.63, 3.8) is 0 Å². The van der Waals surface area contributed by atoms with Gasteiger partial charge in [-0.05, 0) is 32.9 Å². The molecule has 0 aromatic carbocycles. The zero-order valence-corrected chi connectivity index (χ0v) is 11.5. The van der Waals surface area contributed by atoms with Crippen LogP contribution in [0.3, 0.4) is 0 Å². The fourth-order valence-electron chi connectivity index (χ4n) is 1.66. The molecular weight excluding hydrogens is 218 g/mol. The quantitative estimate of drug-likeness (QED) is 0.413. The summed E-state index contributed by atoms with van der Waals surface area (Å²) in [5.41, 5.74) is 0.